The van der Waals surface area contributed by atoms with E-state index in [1.807, 2.05) is 0 Å². The van der Waals surface area contributed by atoms with Crippen molar-refractivity contribution in [3.8, 4) is 0 Å². The van der Waals surface area contributed by atoms with Gasteiger partial charge in [0.2, 0.25) is 0 Å². The van der Waals surface area contributed by atoms with Gasteiger partial charge in [0.25, 0.3) is 0 Å². The quantitative estimate of drug-likeness (QED) is 0.275. The summed E-state index contributed by atoms with van der Waals surface area (Å²) >= 11 is 0. The van der Waals surface area contributed by atoms with Crippen LogP contribution in [0, 0.1) is 0 Å². The van der Waals surface area contributed by atoms with Crippen molar-refractivity contribution in [2.24, 2.45) is 0 Å². The zero-order valence-corrected chi connectivity index (χ0v) is 7.55. The van der Waals surface area contributed by atoms with Gasteiger partial charge < -0.3 is 10.2 Å². The smallest absolute Gasteiger partial charge is 0.317 e. The molecule has 82 valence electrons. The van der Waals surface area contributed by atoms with Gasteiger partial charge in [-0.25, -0.2) is 4.89 Å². The van der Waals surface area contributed by atoms with Gasteiger partial charge in [-0.05, 0) is 6.42 Å². The van der Waals surface area contributed by atoms with Gasteiger partial charge in [-0.1, -0.05) is 0 Å². The van der Waals surface area contributed by atoms with Gasteiger partial charge in [0.15, 0.2) is 0 Å². The number of carboxylic acids is 2. The molecule has 0 aliphatic rings. The molecule has 0 spiro atoms. The van der Waals surface area contributed by atoms with E-state index in [0.29, 0.717) is 6.42 Å². The van der Waals surface area contributed by atoms with E-state index in [-0.39, 0.29) is 26.2 Å². The van der Waals surface area contributed by atoms with Crippen LogP contribution in [0.5, 0.6) is 0 Å². The van der Waals surface area contributed by atoms with Crippen LogP contribution < -0.4 is 0 Å². The van der Waals surface area contributed by atoms with Crippen molar-refractivity contribution in [2.45, 2.75) is 6.42 Å². The van der Waals surface area contributed by atoms with E-state index >= 15 is 0 Å². The number of rotatable bonds is 8. The third kappa shape index (κ3) is 7.47. The summed E-state index contributed by atoms with van der Waals surface area (Å²) in [5.74, 6) is -2.17. The second-order valence-electron chi connectivity index (χ2n) is 2.68. The van der Waals surface area contributed by atoms with Gasteiger partial charge in [0.05, 0.1) is 19.7 Å². The Labute approximate surface area is 80.4 Å². The molecular weight excluding hydrogens is 194 g/mol. The Balaban J connectivity index is 3.84. The molecule has 0 bridgehead atoms. The molecule has 0 aromatic rings. The number of nitrogens with zero attached hydrogens (tertiary/aromatic N) is 1. The molecule has 0 fully saturated rings. The summed E-state index contributed by atoms with van der Waals surface area (Å²) in [7, 11) is 0. The molecule has 0 aliphatic carbocycles. The van der Waals surface area contributed by atoms with Crippen LogP contribution in [0.25, 0.3) is 0 Å². The lowest BCUT2D eigenvalue weighted by atomic mass is 10.3. The minimum absolute atomic E-state index is 0.0513. The molecule has 0 aromatic carbocycles. The van der Waals surface area contributed by atoms with Crippen LogP contribution in [0.2, 0.25) is 0 Å². The largest absolute Gasteiger partial charge is 0.480 e. The van der Waals surface area contributed by atoms with Crippen LogP contribution in [0.15, 0.2) is 0 Å². The van der Waals surface area contributed by atoms with Crippen LogP contribution >= 0.6 is 0 Å². The number of carbonyl (C=O) groups is 2. The molecule has 0 saturated carbocycles. The van der Waals surface area contributed by atoms with Gasteiger partial charge in [-0.2, -0.15) is 0 Å². The van der Waals surface area contributed by atoms with Gasteiger partial charge >= 0.3 is 11.9 Å². The molecule has 7 heteroatoms. The Bertz CT molecular complexity index is 179. The zero-order chi connectivity index (χ0) is 11.0. The highest BCUT2D eigenvalue weighted by Crippen LogP contribution is 1.92. The van der Waals surface area contributed by atoms with Crippen LogP contribution in [0.3, 0.4) is 0 Å². The van der Waals surface area contributed by atoms with E-state index in [1.165, 1.54) is 4.90 Å². The lowest BCUT2D eigenvalue weighted by Gasteiger charge is -2.16. The maximum atomic E-state index is 10.3. The fraction of sp³-hybridized carbons (Fsp3) is 0.714. The highest BCUT2D eigenvalue weighted by molar-refractivity contribution is 5.72. The summed E-state index contributed by atoms with van der Waals surface area (Å²) in [6.45, 7) is -0.371. The molecule has 0 rings (SSSR count). The zero-order valence-electron chi connectivity index (χ0n) is 7.55. The van der Waals surface area contributed by atoms with E-state index < -0.39 is 11.9 Å². The number of carboxylic acid groups (broad SMARTS) is 2. The van der Waals surface area contributed by atoms with Gasteiger partial charge in [0.1, 0.15) is 0 Å². The summed E-state index contributed by atoms with van der Waals surface area (Å²) in [5.41, 5.74) is 0. The molecule has 7 nitrogen and oxygen atoms in total. The van der Waals surface area contributed by atoms with E-state index in [4.69, 9.17) is 15.5 Å². The summed E-state index contributed by atoms with van der Waals surface area (Å²) in [6, 6.07) is 0. The molecule has 0 amide bonds. The third-order valence-electron chi connectivity index (χ3n) is 1.43. The average molecular weight is 207 g/mol. The Morgan fingerprint density at radius 2 is 1.64 bits per heavy atom. The first-order valence-electron chi connectivity index (χ1n) is 3.98. The Morgan fingerprint density at radius 1 is 1.14 bits per heavy atom. The first-order chi connectivity index (χ1) is 6.56. The van der Waals surface area contributed by atoms with Crippen molar-refractivity contribution in [1.82, 2.24) is 4.90 Å². The summed E-state index contributed by atoms with van der Waals surface area (Å²) in [6.07, 6.45) is 0.372. The van der Waals surface area contributed by atoms with Crippen molar-refractivity contribution in [3.05, 3.63) is 0 Å². The molecule has 0 saturated heterocycles. The predicted octanol–water partition coefficient (Wildman–Crippen LogP) is -0.663. The molecule has 0 aliphatic heterocycles. The normalized spacial score (nSPS) is 10.4. The fourth-order valence-electron chi connectivity index (χ4n) is 0.949. The molecule has 0 radical (unpaired) electrons. The molecule has 14 heavy (non-hydrogen) atoms. The van der Waals surface area contributed by atoms with Crippen LogP contribution in [-0.2, 0) is 14.5 Å². The fourth-order valence-corrected chi connectivity index (χ4v) is 0.949. The minimum Gasteiger partial charge on any atom is -0.480 e. The maximum Gasteiger partial charge on any atom is 0.317 e. The monoisotopic (exact) mass is 207 g/mol. The van der Waals surface area contributed by atoms with Gasteiger partial charge in [-0.3, -0.25) is 19.7 Å². The Kier molecular flexibility index (Phi) is 6.63. The van der Waals surface area contributed by atoms with Crippen molar-refractivity contribution in [1.29, 1.82) is 0 Å². The number of hydrogen-bond acceptors (Lipinski definition) is 5. The number of aliphatic carboxylic acids is 2. The highest BCUT2D eigenvalue weighted by Gasteiger charge is 2.12. The first-order valence-corrected chi connectivity index (χ1v) is 3.98. The third-order valence-corrected chi connectivity index (χ3v) is 1.43. The van der Waals surface area contributed by atoms with E-state index in [2.05, 4.69) is 4.89 Å². The second-order valence-corrected chi connectivity index (χ2v) is 2.68. The van der Waals surface area contributed by atoms with Crippen molar-refractivity contribution >= 4 is 11.9 Å². The van der Waals surface area contributed by atoms with Gasteiger partial charge in [0, 0.05) is 6.54 Å². The molecular formula is C7H13NO6. The maximum absolute atomic E-state index is 10.3. The number of hydrogen-bond donors (Lipinski definition) is 3. The molecule has 0 heterocycles. The van der Waals surface area contributed by atoms with E-state index in [9.17, 15) is 9.59 Å². The van der Waals surface area contributed by atoms with Gasteiger partial charge in [-0.15, -0.1) is 0 Å². The van der Waals surface area contributed by atoms with Crippen LogP contribution in [0.1, 0.15) is 6.42 Å². The second kappa shape index (κ2) is 7.25. The first kappa shape index (κ1) is 12.8. The SMILES string of the molecule is O=C(O)CN(CCCOO)CC(=O)O. The lowest BCUT2D eigenvalue weighted by molar-refractivity contribution is -0.243. The molecule has 0 aromatic heterocycles. The Hall–Kier alpha value is -1.18. The minimum atomic E-state index is -1.09. The molecule has 3 N–H and O–H groups in total. The summed E-state index contributed by atoms with van der Waals surface area (Å²) < 4.78 is 0. The van der Waals surface area contributed by atoms with Crippen LogP contribution in [0.4, 0.5) is 0 Å². The van der Waals surface area contributed by atoms with Crippen molar-refractivity contribution in [3.63, 3.8) is 0 Å². The van der Waals surface area contributed by atoms with E-state index in [0.717, 1.165) is 0 Å². The lowest BCUT2D eigenvalue weighted by Crippen LogP contribution is -2.35. The average Bonchev–Trinajstić information content (AvgIpc) is 2.02. The predicted molar refractivity (Wildman–Crippen MR) is 44.9 cm³/mol. The standard InChI is InChI=1S/C7H13NO6/c9-6(10)4-8(5-7(11)12)2-1-3-14-13/h13H,1-5H2,(H,9,10)(H,11,12). The summed E-state index contributed by atoms with van der Waals surface area (Å²) in [5, 5.41) is 24.9. The van der Waals surface area contributed by atoms with Crippen LogP contribution in [-0.4, -0.2) is 58.5 Å². The Morgan fingerprint density at radius 3 is 2.00 bits per heavy atom. The molecule has 0 unspecified atom stereocenters. The summed E-state index contributed by atoms with van der Waals surface area (Å²) in [4.78, 5) is 25.6. The van der Waals surface area contributed by atoms with Crippen molar-refractivity contribution < 1.29 is 29.9 Å². The van der Waals surface area contributed by atoms with Crippen molar-refractivity contribution in [2.75, 3.05) is 26.2 Å². The highest BCUT2D eigenvalue weighted by atomic mass is 17.1. The van der Waals surface area contributed by atoms with E-state index in [1.54, 1.807) is 0 Å². The topological polar surface area (TPSA) is 107 Å². The molecule has 0 atom stereocenters.